The van der Waals surface area contributed by atoms with Crippen LogP contribution in [-0.2, 0) is 0 Å². The third-order valence-electron chi connectivity index (χ3n) is 5.99. The van der Waals surface area contributed by atoms with Crippen LogP contribution in [0, 0.1) is 0 Å². The molecule has 0 fully saturated rings. The number of aromatic carboxylic acids is 2. The van der Waals surface area contributed by atoms with Crippen molar-refractivity contribution in [3.05, 3.63) is 34.9 Å². The number of carboxylic acid groups (broad SMARTS) is 2. The number of carboxylic acids is 2. The molecule has 6 heteroatoms. The van der Waals surface area contributed by atoms with Gasteiger partial charge in [0, 0.05) is 0 Å². The molecule has 3 atom stereocenters. The van der Waals surface area contributed by atoms with Crippen LogP contribution in [0.25, 0.3) is 0 Å². The standard InChI is InChI=1S/C21H31NO5/c1-7-13(4)22(14(5)8-2,15(6)9-3)19(23)16-10-17(20(24)25)12-18(11-16)21(26)27/h10-15H,7-9H2,1-6H3,(H-,24,25,26,27)/p+1. The topological polar surface area (TPSA) is 91.7 Å². The Hall–Kier alpha value is -2.21. The van der Waals surface area contributed by atoms with Crippen LogP contribution >= 0.6 is 0 Å². The first-order chi connectivity index (χ1) is 12.6. The molecule has 0 saturated heterocycles. The molecule has 1 amide bonds. The van der Waals surface area contributed by atoms with E-state index in [9.17, 15) is 24.6 Å². The molecule has 150 valence electrons. The SMILES string of the molecule is CCC(C)[N+](C(=O)c1cc(C(=O)O)cc(C(=O)O)c1)(C(C)CC)C(C)CC. The minimum atomic E-state index is -1.25. The number of nitrogens with zero attached hydrogens (tertiary/aromatic N) is 1. The van der Waals surface area contributed by atoms with E-state index >= 15 is 0 Å². The minimum absolute atomic E-state index is 0.0177. The Labute approximate surface area is 161 Å². The Kier molecular flexibility index (Phi) is 7.72. The Balaban J connectivity index is 3.76. The number of hydrogen-bond donors (Lipinski definition) is 2. The maximum absolute atomic E-state index is 13.8. The molecule has 1 rings (SSSR count). The summed E-state index contributed by atoms with van der Waals surface area (Å²) in [6, 6.07) is 3.75. The molecule has 0 aliphatic carbocycles. The van der Waals surface area contributed by atoms with Crippen LogP contribution in [0.15, 0.2) is 18.2 Å². The van der Waals surface area contributed by atoms with Crippen molar-refractivity contribution < 1.29 is 29.1 Å². The number of carbonyl (C=O) groups is 3. The largest absolute Gasteiger partial charge is 0.478 e. The summed E-state index contributed by atoms with van der Waals surface area (Å²) in [5.74, 6) is -2.71. The van der Waals surface area contributed by atoms with Gasteiger partial charge in [0.2, 0.25) is 0 Å². The molecular weight excluding hydrogens is 346 g/mol. The average Bonchev–Trinajstić information content (AvgIpc) is 2.66. The summed E-state index contributed by atoms with van der Waals surface area (Å²) in [6.07, 6.45) is 2.35. The molecule has 27 heavy (non-hydrogen) atoms. The van der Waals surface area contributed by atoms with E-state index in [2.05, 4.69) is 0 Å². The number of quaternary nitrogens is 1. The maximum Gasteiger partial charge on any atom is 0.346 e. The van der Waals surface area contributed by atoms with Crippen LogP contribution in [0.3, 0.4) is 0 Å². The highest BCUT2D eigenvalue weighted by Crippen LogP contribution is 2.33. The molecule has 0 aromatic heterocycles. The first-order valence-electron chi connectivity index (χ1n) is 9.62. The van der Waals surface area contributed by atoms with E-state index in [1.165, 1.54) is 12.1 Å². The van der Waals surface area contributed by atoms with Gasteiger partial charge in [-0.25, -0.2) is 18.9 Å². The Morgan fingerprint density at radius 2 is 1.04 bits per heavy atom. The van der Waals surface area contributed by atoms with Crippen LogP contribution in [0.4, 0.5) is 0 Å². The van der Waals surface area contributed by atoms with Gasteiger partial charge in [-0.15, -0.1) is 0 Å². The molecule has 0 radical (unpaired) electrons. The van der Waals surface area contributed by atoms with Crippen LogP contribution in [0.1, 0.15) is 91.9 Å². The number of rotatable bonds is 9. The van der Waals surface area contributed by atoms with Crippen molar-refractivity contribution in [2.24, 2.45) is 0 Å². The van der Waals surface area contributed by atoms with Gasteiger partial charge in [-0.1, -0.05) is 20.8 Å². The summed E-state index contributed by atoms with van der Waals surface area (Å²) in [7, 11) is 0. The van der Waals surface area contributed by atoms with Crippen molar-refractivity contribution in [2.75, 3.05) is 0 Å². The lowest BCUT2D eigenvalue weighted by molar-refractivity contribution is -0.917. The lowest BCUT2D eigenvalue weighted by atomic mass is 9.94. The molecule has 1 aromatic carbocycles. The highest BCUT2D eigenvalue weighted by atomic mass is 16.4. The fraction of sp³-hybridized carbons (Fsp3) is 0.571. The van der Waals surface area contributed by atoms with E-state index in [0.717, 1.165) is 25.3 Å². The number of hydrogen-bond acceptors (Lipinski definition) is 3. The van der Waals surface area contributed by atoms with Crippen LogP contribution in [0.5, 0.6) is 0 Å². The first-order valence-corrected chi connectivity index (χ1v) is 9.62. The van der Waals surface area contributed by atoms with Crippen molar-refractivity contribution in [1.29, 1.82) is 0 Å². The Morgan fingerprint density at radius 1 is 0.741 bits per heavy atom. The molecular formula is C21H32NO5+. The normalized spacial score (nSPS) is 16.8. The maximum atomic E-state index is 13.8. The highest BCUT2D eigenvalue weighted by Gasteiger charge is 2.49. The lowest BCUT2D eigenvalue weighted by Crippen LogP contribution is -2.67. The molecule has 0 aliphatic rings. The average molecular weight is 378 g/mol. The lowest BCUT2D eigenvalue weighted by Gasteiger charge is -2.49. The second-order valence-electron chi connectivity index (χ2n) is 7.32. The summed E-state index contributed by atoms with van der Waals surface area (Å²) in [6.45, 7) is 12.2. The fourth-order valence-electron chi connectivity index (χ4n) is 4.03. The summed E-state index contributed by atoms with van der Waals surface area (Å²) in [5.41, 5.74) is -0.226. The van der Waals surface area contributed by atoms with E-state index in [1.807, 2.05) is 41.5 Å². The van der Waals surface area contributed by atoms with Crippen molar-refractivity contribution in [3.8, 4) is 0 Å². The predicted octanol–water partition coefficient (Wildman–Crippen LogP) is 4.44. The van der Waals surface area contributed by atoms with Gasteiger partial charge < -0.3 is 10.2 Å². The molecule has 1 aromatic rings. The molecule has 6 nitrogen and oxygen atoms in total. The summed E-state index contributed by atoms with van der Waals surface area (Å²) >= 11 is 0. The van der Waals surface area contributed by atoms with Crippen LogP contribution < -0.4 is 0 Å². The van der Waals surface area contributed by atoms with Crippen molar-refractivity contribution in [3.63, 3.8) is 0 Å². The first kappa shape index (κ1) is 22.8. The number of carbonyl (C=O) groups excluding carboxylic acids is 1. The van der Waals surface area contributed by atoms with Gasteiger partial charge >= 0.3 is 17.8 Å². The van der Waals surface area contributed by atoms with Gasteiger partial charge in [-0.2, -0.15) is 0 Å². The minimum Gasteiger partial charge on any atom is -0.478 e. The van der Waals surface area contributed by atoms with E-state index < -0.39 is 11.9 Å². The van der Waals surface area contributed by atoms with E-state index in [4.69, 9.17) is 0 Å². The van der Waals surface area contributed by atoms with Gasteiger partial charge in [-0.3, -0.25) is 0 Å². The van der Waals surface area contributed by atoms with Crippen LogP contribution in [0.2, 0.25) is 0 Å². The predicted molar refractivity (Wildman–Crippen MR) is 104 cm³/mol. The number of benzene rings is 1. The summed E-state index contributed by atoms with van der Waals surface area (Å²) in [4.78, 5) is 36.7. The zero-order chi connectivity index (χ0) is 20.9. The van der Waals surface area contributed by atoms with Gasteiger partial charge in [0.15, 0.2) is 0 Å². The van der Waals surface area contributed by atoms with Gasteiger partial charge in [0.25, 0.3) is 0 Å². The monoisotopic (exact) mass is 378 g/mol. The highest BCUT2D eigenvalue weighted by molar-refractivity contribution is 5.99. The quantitative estimate of drug-likeness (QED) is 0.620. The van der Waals surface area contributed by atoms with E-state index in [1.54, 1.807) is 0 Å². The van der Waals surface area contributed by atoms with E-state index in [-0.39, 0.29) is 45.2 Å². The molecule has 2 N–H and O–H groups in total. The molecule has 0 heterocycles. The zero-order valence-electron chi connectivity index (χ0n) is 17.2. The second kappa shape index (κ2) is 9.13. The molecule has 0 spiro atoms. The van der Waals surface area contributed by atoms with Gasteiger partial charge in [-0.05, 0) is 58.2 Å². The Morgan fingerprint density at radius 3 is 1.30 bits per heavy atom. The fourth-order valence-corrected chi connectivity index (χ4v) is 4.03. The molecule has 3 unspecified atom stereocenters. The van der Waals surface area contributed by atoms with E-state index in [0.29, 0.717) is 0 Å². The molecule has 0 aliphatic heterocycles. The zero-order valence-corrected chi connectivity index (χ0v) is 17.2. The third kappa shape index (κ3) is 4.21. The van der Waals surface area contributed by atoms with Crippen molar-refractivity contribution >= 4 is 17.8 Å². The molecule has 0 saturated carbocycles. The summed E-state index contributed by atoms with van der Waals surface area (Å²) < 4.78 is 0.186. The second-order valence-corrected chi connectivity index (χ2v) is 7.32. The smallest absolute Gasteiger partial charge is 0.346 e. The van der Waals surface area contributed by atoms with Gasteiger partial charge in [0.1, 0.15) is 0 Å². The third-order valence-corrected chi connectivity index (χ3v) is 5.99. The van der Waals surface area contributed by atoms with Crippen molar-refractivity contribution in [1.82, 2.24) is 0 Å². The van der Waals surface area contributed by atoms with Crippen molar-refractivity contribution in [2.45, 2.75) is 78.9 Å². The summed E-state index contributed by atoms with van der Waals surface area (Å²) in [5, 5.41) is 18.7. The van der Waals surface area contributed by atoms with Gasteiger partial charge in [0.05, 0.1) is 34.8 Å². The Bertz CT molecular complexity index is 654. The number of amides is 1. The van der Waals surface area contributed by atoms with Crippen LogP contribution in [-0.4, -0.2) is 50.7 Å². The molecule has 0 bridgehead atoms.